The van der Waals surface area contributed by atoms with Gasteiger partial charge in [0.2, 0.25) is 5.91 Å². The van der Waals surface area contributed by atoms with Crippen molar-refractivity contribution in [2.75, 3.05) is 19.8 Å². The van der Waals surface area contributed by atoms with Crippen molar-refractivity contribution in [3.63, 3.8) is 0 Å². The number of nitrogen functional groups attached to an aromatic ring is 1. The second-order valence-corrected chi connectivity index (χ2v) is 4.12. The monoisotopic (exact) mass is 240 g/mol. The molecule has 0 saturated heterocycles. The third-order valence-corrected chi connectivity index (χ3v) is 2.54. The number of hydrogen-bond donors (Lipinski definition) is 2. The number of rotatable bonds is 4. The van der Waals surface area contributed by atoms with E-state index in [-0.39, 0.29) is 18.0 Å². The standard InChI is InChI=1S/C12H17FN2O2/c1-15(2)12(17)6-5-11(16)8-3-4-9(13)10(14)7-8/h3-4,7,11,16H,5-6,14H2,1-2H3. The topological polar surface area (TPSA) is 66.6 Å². The molecule has 0 aliphatic carbocycles. The number of aliphatic hydroxyl groups excluding tert-OH is 1. The fraction of sp³-hybridized carbons (Fsp3) is 0.417. The Morgan fingerprint density at radius 1 is 1.53 bits per heavy atom. The highest BCUT2D eigenvalue weighted by Crippen LogP contribution is 2.22. The maximum absolute atomic E-state index is 12.9. The van der Waals surface area contributed by atoms with Crippen LogP contribution in [0.3, 0.4) is 0 Å². The highest BCUT2D eigenvalue weighted by Gasteiger charge is 2.12. The predicted molar refractivity (Wildman–Crippen MR) is 63.7 cm³/mol. The van der Waals surface area contributed by atoms with Gasteiger partial charge in [-0.15, -0.1) is 0 Å². The van der Waals surface area contributed by atoms with E-state index in [2.05, 4.69) is 0 Å². The molecule has 0 aliphatic rings. The normalized spacial score (nSPS) is 12.2. The van der Waals surface area contributed by atoms with Gasteiger partial charge in [0.25, 0.3) is 0 Å². The molecule has 1 unspecified atom stereocenters. The van der Waals surface area contributed by atoms with Crippen molar-refractivity contribution in [1.29, 1.82) is 0 Å². The third-order valence-electron chi connectivity index (χ3n) is 2.54. The first-order valence-electron chi connectivity index (χ1n) is 5.35. The van der Waals surface area contributed by atoms with Crippen LogP contribution < -0.4 is 5.73 Å². The largest absolute Gasteiger partial charge is 0.396 e. The molecule has 0 spiro atoms. The van der Waals surface area contributed by atoms with Crippen LogP contribution >= 0.6 is 0 Å². The lowest BCUT2D eigenvalue weighted by Gasteiger charge is -2.14. The zero-order valence-electron chi connectivity index (χ0n) is 9.98. The fourth-order valence-corrected chi connectivity index (χ4v) is 1.42. The molecule has 4 nitrogen and oxygen atoms in total. The lowest BCUT2D eigenvalue weighted by atomic mass is 10.0. The summed E-state index contributed by atoms with van der Waals surface area (Å²) in [5, 5.41) is 9.82. The van der Waals surface area contributed by atoms with Crippen molar-refractivity contribution in [3.8, 4) is 0 Å². The summed E-state index contributed by atoms with van der Waals surface area (Å²) < 4.78 is 12.9. The van der Waals surface area contributed by atoms with Crippen molar-refractivity contribution in [2.45, 2.75) is 18.9 Å². The molecule has 0 saturated carbocycles. The number of nitrogens with zero attached hydrogens (tertiary/aromatic N) is 1. The molecule has 1 aromatic rings. The van der Waals surface area contributed by atoms with E-state index in [1.807, 2.05) is 0 Å². The highest BCUT2D eigenvalue weighted by molar-refractivity contribution is 5.75. The number of benzene rings is 1. The van der Waals surface area contributed by atoms with Crippen LogP contribution in [0.25, 0.3) is 0 Å². The molecule has 0 heterocycles. The van der Waals surface area contributed by atoms with Crippen LogP contribution in [0.5, 0.6) is 0 Å². The summed E-state index contributed by atoms with van der Waals surface area (Å²) in [5.74, 6) is -0.565. The molecular formula is C12H17FN2O2. The van der Waals surface area contributed by atoms with Gasteiger partial charge in [0, 0.05) is 20.5 Å². The Labute approximate surface area is 99.8 Å². The molecule has 1 amide bonds. The second kappa shape index (κ2) is 5.63. The molecule has 1 aromatic carbocycles. The summed E-state index contributed by atoms with van der Waals surface area (Å²) in [6.45, 7) is 0. The molecule has 5 heteroatoms. The van der Waals surface area contributed by atoms with Gasteiger partial charge in [-0.05, 0) is 24.1 Å². The maximum Gasteiger partial charge on any atom is 0.222 e. The number of hydrogen-bond acceptors (Lipinski definition) is 3. The van der Waals surface area contributed by atoms with E-state index in [9.17, 15) is 14.3 Å². The lowest BCUT2D eigenvalue weighted by molar-refractivity contribution is -0.129. The van der Waals surface area contributed by atoms with Crippen molar-refractivity contribution in [3.05, 3.63) is 29.6 Å². The molecule has 17 heavy (non-hydrogen) atoms. The Balaban J connectivity index is 2.61. The first-order chi connectivity index (χ1) is 7.91. The van der Waals surface area contributed by atoms with Crippen LogP contribution in [0.4, 0.5) is 10.1 Å². The SMILES string of the molecule is CN(C)C(=O)CCC(O)c1ccc(F)c(N)c1. The van der Waals surface area contributed by atoms with E-state index in [1.165, 1.54) is 23.1 Å². The average molecular weight is 240 g/mol. The van der Waals surface area contributed by atoms with Crippen LogP contribution in [-0.2, 0) is 4.79 Å². The Hall–Kier alpha value is -1.62. The molecule has 1 atom stereocenters. The summed E-state index contributed by atoms with van der Waals surface area (Å²) in [6, 6.07) is 4.07. The fourth-order valence-electron chi connectivity index (χ4n) is 1.42. The zero-order valence-corrected chi connectivity index (χ0v) is 9.98. The van der Waals surface area contributed by atoms with Crippen LogP contribution in [0.2, 0.25) is 0 Å². The molecule has 0 aliphatic heterocycles. The Morgan fingerprint density at radius 3 is 2.71 bits per heavy atom. The first-order valence-corrected chi connectivity index (χ1v) is 5.35. The quantitative estimate of drug-likeness (QED) is 0.780. The average Bonchev–Trinajstić information content (AvgIpc) is 2.28. The number of amides is 1. The van der Waals surface area contributed by atoms with Crippen molar-refractivity contribution < 1.29 is 14.3 Å². The smallest absolute Gasteiger partial charge is 0.222 e. The predicted octanol–water partition coefficient (Wildman–Crippen LogP) is 1.31. The molecule has 0 fully saturated rings. The molecular weight excluding hydrogens is 223 g/mol. The van der Waals surface area contributed by atoms with Crippen molar-refractivity contribution >= 4 is 11.6 Å². The maximum atomic E-state index is 12.9. The van der Waals surface area contributed by atoms with E-state index in [4.69, 9.17) is 5.73 Å². The van der Waals surface area contributed by atoms with Crippen molar-refractivity contribution in [1.82, 2.24) is 4.90 Å². The van der Waals surface area contributed by atoms with Gasteiger partial charge in [-0.1, -0.05) is 6.07 Å². The zero-order chi connectivity index (χ0) is 13.0. The van der Waals surface area contributed by atoms with Crippen LogP contribution in [0, 0.1) is 5.82 Å². The summed E-state index contributed by atoms with van der Waals surface area (Å²) in [4.78, 5) is 12.8. The van der Waals surface area contributed by atoms with Gasteiger partial charge in [-0.25, -0.2) is 4.39 Å². The minimum Gasteiger partial charge on any atom is -0.396 e. The van der Waals surface area contributed by atoms with E-state index in [0.29, 0.717) is 12.0 Å². The highest BCUT2D eigenvalue weighted by atomic mass is 19.1. The Bertz CT molecular complexity index is 407. The van der Waals surface area contributed by atoms with Gasteiger partial charge in [-0.3, -0.25) is 4.79 Å². The molecule has 0 aromatic heterocycles. The van der Waals surface area contributed by atoms with Gasteiger partial charge in [0.05, 0.1) is 11.8 Å². The summed E-state index contributed by atoms with van der Waals surface area (Å²) in [6.07, 6.45) is -0.269. The number of nitrogens with two attached hydrogens (primary N) is 1. The Kier molecular flexibility index (Phi) is 4.45. The second-order valence-electron chi connectivity index (χ2n) is 4.12. The minimum atomic E-state index is -0.804. The summed E-state index contributed by atoms with van der Waals surface area (Å²) >= 11 is 0. The number of halogens is 1. The van der Waals surface area contributed by atoms with E-state index in [1.54, 1.807) is 14.1 Å². The Morgan fingerprint density at radius 2 is 2.18 bits per heavy atom. The number of aliphatic hydroxyl groups is 1. The molecule has 94 valence electrons. The van der Waals surface area contributed by atoms with Crippen LogP contribution in [0.15, 0.2) is 18.2 Å². The molecule has 3 N–H and O–H groups in total. The van der Waals surface area contributed by atoms with Gasteiger partial charge in [-0.2, -0.15) is 0 Å². The van der Waals surface area contributed by atoms with E-state index in [0.717, 1.165) is 0 Å². The summed E-state index contributed by atoms with van der Waals surface area (Å²) in [5.41, 5.74) is 5.93. The van der Waals surface area contributed by atoms with Gasteiger partial charge in [0.1, 0.15) is 5.82 Å². The van der Waals surface area contributed by atoms with Gasteiger partial charge >= 0.3 is 0 Å². The third kappa shape index (κ3) is 3.71. The first kappa shape index (κ1) is 13.4. The molecule has 1 rings (SSSR count). The van der Waals surface area contributed by atoms with E-state index >= 15 is 0 Å². The molecule has 0 bridgehead atoms. The van der Waals surface area contributed by atoms with Crippen LogP contribution in [0.1, 0.15) is 24.5 Å². The van der Waals surface area contributed by atoms with Gasteiger partial charge < -0.3 is 15.7 Å². The van der Waals surface area contributed by atoms with Crippen LogP contribution in [-0.4, -0.2) is 30.0 Å². The molecule has 0 radical (unpaired) electrons. The summed E-state index contributed by atoms with van der Waals surface area (Å²) in [7, 11) is 3.31. The van der Waals surface area contributed by atoms with E-state index < -0.39 is 11.9 Å². The van der Waals surface area contributed by atoms with Crippen molar-refractivity contribution in [2.24, 2.45) is 0 Å². The number of anilines is 1. The minimum absolute atomic E-state index is 0.000450. The lowest BCUT2D eigenvalue weighted by Crippen LogP contribution is -2.21. The van der Waals surface area contributed by atoms with Gasteiger partial charge in [0.15, 0.2) is 0 Å². The number of carbonyl (C=O) groups excluding carboxylic acids is 1. The number of carbonyl (C=O) groups is 1.